The molecule has 0 fully saturated rings. The summed E-state index contributed by atoms with van der Waals surface area (Å²) < 4.78 is 10.6. The second-order valence-corrected chi connectivity index (χ2v) is 4.06. The Kier molecular flexibility index (Phi) is 3.04. The molecule has 1 rings (SSSR count). The monoisotopic (exact) mass is 197 g/mol. The van der Waals surface area contributed by atoms with Gasteiger partial charge in [-0.3, -0.25) is 0 Å². The fraction of sp³-hybridized carbons (Fsp3) is 0.400. The molecule has 0 saturated heterocycles. The predicted molar refractivity (Wildman–Crippen MR) is 44.8 cm³/mol. The van der Waals surface area contributed by atoms with Crippen LogP contribution in [0.4, 0.5) is 0 Å². The summed E-state index contributed by atoms with van der Waals surface area (Å²) in [6.07, 6.45) is 3.90. The van der Waals surface area contributed by atoms with Gasteiger partial charge in [-0.2, -0.15) is 0 Å². The van der Waals surface area contributed by atoms with Crippen LogP contribution in [0, 0.1) is 0 Å². The van der Waals surface area contributed by atoms with Crippen molar-refractivity contribution in [3.63, 3.8) is 0 Å². The molecule has 5 heteroatoms. The topological polar surface area (TPSA) is 35.4 Å². The minimum atomic E-state index is -1.52. The zero-order valence-corrected chi connectivity index (χ0v) is 7.29. The minimum absolute atomic E-state index is 0.116. The third kappa shape index (κ3) is 2.16. The Morgan fingerprint density at radius 1 is 1.80 bits per heavy atom. The van der Waals surface area contributed by atoms with E-state index in [1.807, 2.05) is 0 Å². The molecule has 0 aromatic heterocycles. The Morgan fingerprint density at radius 2 is 2.50 bits per heavy atom. The summed E-state index contributed by atoms with van der Waals surface area (Å²) in [4.78, 5) is 3.80. The largest absolute Gasteiger partial charge is 0.593 e. The van der Waals surface area contributed by atoms with Crippen molar-refractivity contribution in [2.45, 2.75) is 11.8 Å². The lowest BCUT2D eigenvalue weighted by molar-refractivity contribution is 0.613. The standard InChI is InChI=1S/C5H5Cl2NOS/c6-4-1-2-8-5(3-4)10(7)9/h2-4H,1H2. The highest BCUT2D eigenvalue weighted by atomic mass is 35.7. The number of halogens is 2. The van der Waals surface area contributed by atoms with Crippen molar-refractivity contribution >= 4 is 38.9 Å². The van der Waals surface area contributed by atoms with Crippen molar-refractivity contribution in [1.29, 1.82) is 0 Å². The van der Waals surface area contributed by atoms with Crippen LogP contribution < -0.4 is 0 Å². The molecule has 1 aliphatic heterocycles. The molecule has 56 valence electrons. The smallest absolute Gasteiger partial charge is 0.261 e. The van der Waals surface area contributed by atoms with E-state index in [9.17, 15) is 4.55 Å². The van der Waals surface area contributed by atoms with Crippen LogP contribution in [0.15, 0.2) is 16.1 Å². The van der Waals surface area contributed by atoms with Gasteiger partial charge >= 0.3 is 0 Å². The lowest BCUT2D eigenvalue weighted by Crippen LogP contribution is -2.05. The van der Waals surface area contributed by atoms with Gasteiger partial charge in [-0.05, 0) is 0 Å². The fourth-order valence-corrected chi connectivity index (χ4v) is 1.58. The van der Waals surface area contributed by atoms with E-state index in [0.717, 1.165) is 0 Å². The quantitative estimate of drug-likeness (QED) is 0.467. The number of alkyl halides is 1. The lowest BCUT2D eigenvalue weighted by Gasteiger charge is -2.06. The molecular weight excluding hydrogens is 193 g/mol. The highest BCUT2D eigenvalue weighted by molar-refractivity contribution is 8.16. The van der Waals surface area contributed by atoms with Gasteiger partial charge in [0.25, 0.3) is 5.03 Å². The van der Waals surface area contributed by atoms with Crippen molar-refractivity contribution in [2.75, 3.05) is 0 Å². The van der Waals surface area contributed by atoms with Gasteiger partial charge in [0.15, 0.2) is 10.7 Å². The van der Waals surface area contributed by atoms with Crippen LogP contribution in [-0.4, -0.2) is 16.1 Å². The van der Waals surface area contributed by atoms with Crippen molar-refractivity contribution < 1.29 is 4.55 Å². The highest BCUT2D eigenvalue weighted by Gasteiger charge is 2.16. The first kappa shape index (κ1) is 8.40. The summed E-state index contributed by atoms with van der Waals surface area (Å²) >= 11 is 5.69. The highest BCUT2D eigenvalue weighted by Crippen LogP contribution is 2.19. The normalized spacial score (nSPS) is 27.9. The van der Waals surface area contributed by atoms with Gasteiger partial charge in [-0.1, -0.05) is 0 Å². The molecule has 0 aliphatic carbocycles. The maximum Gasteiger partial charge on any atom is 0.261 e. The first-order chi connectivity index (χ1) is 4.70. The Labute approximate surface area is 71.6 Å². The van der Waals surface area contributed by atoms with E-state index in [2.05, 4.69) is 4.99 Å². The number of nitrogens with zero attached hydrogens (tertiary/aromatic N) is 1. The number of hydrogen-bond acceptors (Lipinski definition) is 2. The van der Waals surface area contributed by atoms with Gasteiger partial charge < -0.3 is 4.55 Å². The molecule has 0 saturated carbocycles. The van der Waals surface area contributed by atoms with E-state index < -0.39 is 10.4 Å². The van der Waals surface area contributed by atoms with E-state index in [1.165, 1.54) is 0 Å². The molecule has 2 unspecified atom stereocenters. The fourth-order valence-electron chi connectivity index (χ4n) is 0.604. The van der Waals surface area contributed by atoms with Gasteiger partial charge in [0.05, 0.1) is 5.38 Å². The van der Waals surface area contributed by atoms with Crippen LogP contribution in [0.1, 0.15) is 6.42 Å². The summed E-state index contributed by atoms with van der Waals surface area (Å²) in [5.41, 5.74) is 0. The molecule has 0 aromatic carbocycles. The molecule has 0 N–H and O–H groups in total. The number of rotatable bonds is 1. The zero-order valence-electron chi connectivity index (χ0n) is 4.96. The molecule has 0 amide bonds. The average molecular weight is 198 g/mol. The lowest BCUT2D eigenvalue weighted by atomic mass is 10.3. The predicted octanol–water partition coefficient (Wildman–Crippen LogP) is 1.81. The van der Waals surface area contributed by atoms with E-state index >= 15 is 0 Å². The summed E-state index contributed by atoms with van der Waals surface area (Å²) in [5, 5.41) is 0.239. The van der Waals surface area contributed by atoms with Gasteiger partial charge in [0.1, 0.15) is 10.4 Å². The van der Waals surface area contributed by atoms with Crippen LogP contribution >= 0.6 is 22.3 Å². The molecule has 0 bridgehead atoms. The van der Waals surface area contributed by atoms with E-state index in [0.29, 0.717) is 11.4 Å². The Bertz CT molecular complexity index is 180. The van der Waals surface area contributed by atoms with E-state index in [4.69, 9.17) is 22.3 Å². The maximum absolute atomic E-state index is 10.6. The molecule has 0 spiro atoms. The number of aliphatic imine (C=N–C) groups is 1. The average Bonchev–Trinajstić information content (AvgIpc) is 1.88. The van der Waals surface area contributed by atoms with Crippen LogP contribution in [0.3, 0.4) is 0 Å². The van der Waals surface area contributed by atoms with E-state index in [1.54, 1.807) is 12.3 Å². The van der Waals surface area contributed by atoms with Gasteiger partial charge in [-0.15, -0.1) is 11.6 Å². The van der Waals surface area contributed by atoms with Crippen LogP contribution in [0.25, 0.3) is 0 Å². The number of allylic oxidation sites excluding steroid dienone is 1. The SMILES string of the molecule is [O-][S+](Cl)C1=CC(Cl)CC=N1. The van der Waals surface area contributed by atoms with Crippen molar-refractivity contribution in [1.82, 2.24) is 0 Å². The molecule has 0 radical (unpaired) electrons. The maximum atomic E-state index is 10.6. The van der Waals surface area contributed by atoms with Gasteiger partial charge in [0, 0.05) is 18.7 Å². The van der Waals surface area contributed by atoms with Crippen molar-refractivity contribution in [3.8, 4) is 0 Å². The summed E-state index contributed by atoms with van der Waals surface area (Å²) in [6, 6.07) is 0. The summed E-state index contributed by atoms with van der Waals surface area (Å²) in [7, 11) is 3.73. The summed E-state index contributed by atoms with van der Waals surface area (Å²) in [5.74, 6) is 0. The number of hydrogen-bond donors (Lipinski definition) is 0. The van der Waals surface area contributed by atoms with Crippen LogP contribution in [-0.2, 0) is 10.4 Å². The molecule has 2 atom stereocenters. The molecule has 1 heterocycles. The second-order valence-electron chi connectivity index (χ2n) is 1.79. The van der Waals surface area contributed by atoms with Crippen LogP contribution in [0.2, 0.25) is 0 Å². The third-order valence-electron chi connectivity index (χ3n) is 1.04. The molecule has 2 nitrogen and oxygen atoms in total. The Hall–Kier alpha value is 0.300. The molecular formula is C5H5Cl2NOS. The van der Waals surface area contributed by atoms with Gasteiger partial charge in [0.2, 0.25) is 0 Å². The minimum Gasteiger partial charge on any atom is -0.593 e. The van der Waals surface area contributed by atoms with Crippen molar-refractivity contribution in [3.05, 3.63) is 11.1 Å². The van der Waals surface area contributed by atoms with E-state index in [-0.39, 0.29) is 5.38 Å². The molecule has 0 aromatic rings. The molecule has 10 heavy (non-hydrogen) atoms. The first-order valence-electron chi connectivity index (χ1n) is 2.66. The van der Waals surface area contributed by atoms with Gasteiger partial charge in [-0.25, -0.2) is 4.99 Å². The molecule has 1 aliphatic rings. The first-order valence-corrected chi connectivity index (χ1v) is 5.08. The van der Waals surface area contributed by atoms with Crippen molar-refractivity contribution in [2.24, 2.45) is 4.99 Å². The third-order valence-corrected chi connectivity index (χ3v) is 2.39. The zero-order chi connectivity index (χ0) is 7.56. The summed E-state index contributed by atoms with van der Waals surface area (Å²) in [6.45, 7) is 0. The Morgan fingerprint density at radius 3 is 2.90 bits per heavy atom. The Balaban J connectivity index is 2.66. The van der Waals surface area contributed by atoms with Crippen LogP contribution in [0.5, 0.6) is 0 Å². The second kappa shape index (κ2) is 3.62.